The monoisotopic (exact) mass is 493 g/mol. The topological polar surface area (TPSA) is 103 Å². The summed E-state index contributed by atoms with van der Waals surface area (Å²) in [5.74, 6) is -1.49. The fourth-order valence-corrected chi connectivity index (χ4v) is 4.63. The van der Waals surface area contributed by atoms with E-state index in [4.69, 9.17) is 11.6 Å². The smallest absolute Gasteiger partial charge is 0.255 e. The number of hydrogen-bond acceptors (Lipinski definition) is 5. The van der Waals surface area contributed by atoms with Gasteiger partial charge in [0.25, 0.3) is 11.8 Å². The number of hydrogen-bond donors (Lipinski definition) is 3. The number of aromatic nitrogens is 1. The van der Waals surface area contributed by atoms with Gasteiger partial charge in [-0.2, -0.15) is 0 Å². The second-order valence-corrected chi connectivity index (χ2v) is 9.16. The Kier molecular flexibility index (Phi) is 7.80. The van der Waals surface area contributed by atoms with E-state index >= 15 is 0 Å². The third kappa shape index (κ3) is 5.70. The number of likely N-dealkylation sites (tertiary alicyclic amines) is 1. The Morgan fingerprint density at radius 3 is 2.40 bits per heavy atom. The van der Waals surface area contributed by atoms with Gasteiger partial charge in [0.2, 0.25) is 0 Å². The zero-order chi connectivity index (χ0) is 24.9. The highest BCUT2D eigenvalue weighted by Crippen LogP contribution is 2.33. The van der Waals surface area contributed by atoms with Gasteiger partial charge in [-0.05, 0) is 66.3 Å². The average Bonchev–Trinajstić information content (AvgIpc) is 3.38. The molecule has 4 atom stereocenters. The molecule has 0 unspecified atom stereocenters. The minimum atomic E-state index is -1.89. The van der Waals surface area contributed by atoms with Crippen molar-refractivity contribution in [2.45, 2.75) is 44.1 Å². The van der Waals surface area contributed by atoms with E-state index in [1.54, 1.807) is 31.5 Å². The van der Waals surface area contributed by atoms with Crippen molar-refractivity contribution >= 4 is 23.4 Å². The van der Waals surface area contributed by atoms with Crippen LogP contribution >= 0.6 is 11.6 Å². The number of rotatable bonds is 7. The number of carbonyl (C=O) groups is 2. The molecular weight excluding hydrogens is 466 g/mol. The fourth-order valence-electron chi connectivity index (χ4n) is 4.43. The van der Waals surface area contributed by atoms with E-state index in [-0.39, 0.29) is 6.04 Å². The van der Waals surface area contributed by atoms with E-state index in [2.05, 4.69) is 10.3 Å². The Morgan fingerprint density at radius 2 is 1.71 bits per heavy atom. The molecule has 0 aliphatic carbocycles. The van der Waals surface area contributed by atoms with Crippen LogP contribution in [0.5, 0.6) is 0 Å². The molecule has 1 aromatic heterocycles. The van der Waals surface area contributed by atoms with Crippen molar-refractivity contribution in [3.63, 3.8) is 0 Å². The molecule has 0 bridgehead atoms. The fraction of sp³-hybridized carbons (Fsp3) is 0.296. The van der Waals surface area contributed by atoms with E-state index in [0.29, 0.717) is 18.0 Å². The molecule has 3 N–H and O–H groups in total. The summed E-state index contributed by atoms with van der Waals surface area (Å²) in [7, 11) is 0. The first kappa shape index (κ1) is 24.9. The van der Waals surface area contributed by atoms with Crippen LogP contribution in [0.1, 0.15) is 43.0 Å². The van der Waals surface area contributed by atoms with Gasteiger partial charge in [0, 0.05) is 24.0 Å². The summed E-state index contributed by atoms with van der Waals surface area (Å²) in [4.78, 5) is 31.2. The van der Waals surface area contributed by atoms with Crippen LogP contribution in [0, 0.1) is 0 Å². The van der Waals surface area contributed by atoms with Crippen LogP contribution < -0.4 is 5.32 Å². The first-order chi connectivity index (χ1) is 16.8. The molecule has 0 spiro atoms. The minimum absolute atomic E-state index is 0.260. The van der Waals surface area contributed by atoms with E-state index in [0.717, 1.165) is 28.7 Å². The number of aliphatic hydroxyl groups is 2. The Bertz CT molecular complexity index is 1170. The van der Waals surface area contributed by atoms with Gasteiger partial charge in [-0.15, -0.1) is 0 Å². The number of nitrogens with zero attached hydrogens (tertiary/aromatic N) is 2. The van der Waals surface area contributed by atoms with Gasteiger partial charge < -0.3 is 20.4 Å². The van der Waals surface area contributed by atoms with Crippen molar-refractivity contribution in [3.8, 4) is 11.1 Å². The van der Waals surface area contributed by atoms with Gasteiger partial charge in [0.15, 0.2) is 12.2 Å². The van der Waals surface area contributed by atoms with Crippen molar-refractivity contribution in [2.75, 3.05) is 6.54 Å². The van der Waals surface area contributed by atoms with Gasteiger partial charge in [0.1, 0.15) is 0 Å². The highest BCUT2D eigenvalue weighted by atomic mass is 35.5. The molecule has 8 heteroatoms. The first-order valence-corrected chi connectivity index (χ1v) is 12.0. The summed E-state index contributed by atoms with van der Waals surface area (Å²) in [5, 5.41) is 24.3. The maximum atomic E-state index is 13.0. The second-order valence-electron chi connectivity index (χ2n) is 8.72. The number of carbonyl (C=O) groups excluding carboxylic acids is 2. The Labute approximate surface area is 209 Å². The molecule has 35 heavy (non-hydrogen) atoms. The molecule has 1 aliphatic heterocycles. The molecule has 1 saturated heterocycles. The molecule has 2 amide bonds. The Hall–Kier alpha value is -3.26. The molecule has 4 rings (SSSR count). The zero-order valence-corrected chi connectivity index (χ0v) is 20.1. The predicted octanol–water partition coefficient (Wildman–Crippen LogP) is 3.66. The summed E-state index contributed by atoms with van der Waals surface area (Å²) in [6.07, 6.45) is 1.16. The Morgan fingerprint density at radius 1 is 1.03 bits per heavy atom. The van der Waals surface area contributed by atoms with Gasteiger partial charge in [-0.1, -0.05) is 48.0 Å². The first-order valence-electron chi connectivity index (χ1n) is 11.6. The predicted molar refractivity (Wildman–Crippen MR) is 133 cm³/mol. The van der Waals surface area contributed by atoms with Crippen LogP contribution in [0.2, 0.25) is 5.02 Å². The summed E-state index contributed by atoms with van der Waals surface area (Å²) in [6.45, 7) is 2.21. The molecule has 2 heterocycles. The van der Waals surface area contributed by atoms with Crippen LogP contribution in [0.4, 0.5) is 0 Å². The number of aliphatic hydroxyl groups excluding tert-OH is 2. The molecule has 1 aliphatic rings. The quantitative estimate of drug-likeness (QED) is 0.466. The highest BCUT2D eigenvalue weighted by molar-refractivity contribution is 6.30. The van der Waals surface area contributed by atoms with Crippen LogP contribution in [-0.2, 0) is 9.59 Å². The third-order valence-electron chi connectivity index (χ3n) is 6.37. The lowest BCUT2D eigenvalue weighted by Crippen LogP contribution is -2.50. The summed E-state index contributed by atoms with van der Waals surface area (Å²) in [5.41, 5.74) is 3.72. The number of pyridine rings is 1. The molecule has 2 aromatic carbocycles. The van der Waals surface area contributed by atoms with E-state index < -0.39 is 30.1 Å². The molecule has 0 saturated carbocycles. The lowest BCUT2D eigenvalue weighted by molar-refractivity contribution is -0.154. The second kappa shape index (κ2) is 11.0. The maximum Gasteiger partial charge on any atom is 0.255 e. The lowest BCUT2D eigenvalue weighted by Gasteiger charge is -2.29. The van der Waals surface area contributed by atoms with E-state index in [1.165, 1.54) is 4.90 Å². The third-order valence-corrected chi connectivity index (χ3v) is 6.61. The summed E-state index contributed by atoms with van der Waals surface area (Å²) >= 11 is 6.10. The molecular formula is C27H28ClN3O4. The van der Waals surface area contributed by atoms with Crippen LogP contribution in [-0.4, -0.2) is 50.7 Å². The molecule has 7 nitrogen and oxygen atoms in total. The van der Waals surface area contributed by atoms with Gasteiger partial charge in [-0.25, -0.2) is 0 Å². The normalized spacial score (nSPS) is 18.1. The molecule has 3 aromatic rings. The highest BCUT2D eigenvalue weighted by Gasteiger charge is 2.38. The largest absolute Gasteiger partial charge is 0.380 e. The summed E-state index contributed by atoms with van der Waals surface area (Å²) < 4.78 is 0. The maximum absolute atomic E-state index is 13.0. The van der Waals surface area contributed by atoms with Crippen molar-refractivity contribution in [1.29, 1.82) is 0 Å². The number of halogens is 1. The van der Waals surface area contributed by atoms with Crippen molar-refractivity contribution in [1.82, 2.24) is 15.2 Å². The van der Waals surface area contributed by atoms with Gasteiger partial charge >= 0.3 is 0 Å². The van der Waals surface area contributed by atoms with E-state index in [1.807, 2.05) is 48.5 Å². The minimum Gasteiger partial charge on any atom is -0.380 e. The van der Waals surface area contributed by atoms with Crippen molar-refractivity contribution in [3.05, 3.63) is 89.2 Å². The van der Waals surface area contributed by atoms with Crippen LogP contribution in [0.25, 0.3) is 11.1 Å². The number of amides is 2. The number of nitrogens with one attached hydrogen (secondary N) is 1. The standard InChI is InChI=1S/C27H28ClN3O4/c1-17(18-7-9-19(10-8-18)20-11-13-29-14-12-20)30-26(34)24(32)25(33)27(35)31-15-3-6-23(31)21-4-2-5-22(28)16-21/h2,4-5,7-14,16-17,23-25,32-33H,3,6,15H2,1H3,(H,30,34)/t17-,23-,24-,25-/m1/s1. The van der Waals surface area contributed by atoms with Crippen molar-refractivity contribution in [2.24, 2.45) is 0 Å². The average molecular weight is 494 g/mol. The van der Waals surface area contributed by atoms with E-state index in [9.17, 15) is 19.8 Å². The van der Waals surface area contributed by atoms with Gasteiger partial charge in [-0.3, -0.25) is 14.6 Å². The van der Waals surface area contributed by atoms with Crippen LogP contribution in [0.15, 0.2) is 73.1 Å². The van der Waals surface area contributed by atoms with Gasteiger partial charge in [0.05, 0.1) is 12.1 Å². The Balaban J connectivity index is 1.38. The molecule has 1 fully saturated rings. The molecule has 0 radical (unpaired) electrons. The lowest BCUT2D eigenvalue weighted by atomic mass is 10.0. The zero-order valence-electron chi connectivity index (χ0n) is 19.3. The van der Waals surface area contributed by atoms with Crippen LogP contribution in [0.3, 0.4) is 0 Å². The number of benzene rings is 2. The molecule has 182 valence electrons. The van der Waals surface area contributed by atoms with Crippen molar-refractivity contribution < 1.29 is 19.8 Å². The SMILES string of the molecule is C[C@@H](NC(=O)[C@H](O)[C@@H](O)C(=O)N1CCC[C@@H]1c1cccc(Cl)c1)c1ccc(-c2ccncc2)cc1. The summed E-state index contributed by atoms with van der Waals surface area (Å²) in [6, 6.07) is 18.0.